The van der Waals surface area contributed by atoms with Gasteiger partial charge in [0.1, 0.15) is 0 Å². The number of esters is 1. The molecule has 2 aromatic carbocycles. The summed E-state index contributed by atoms with van der Waals surface area (Å²) in [7, 11) is -3.94. The summed E-state index contributed by atoms with van der Waals surface area (Å²) in [5.41, 5.74) is 1.52. The van der Waals surface area contributed by atoms with Crippen LogP contribution in [0.25, 0.3) is 0 Å². The fourth-order valence-electron chi connectivity index (χ4n) is 3.87. The van der Waals surface area contributed by atoms with Crippen LogP contribution in [0.15, 0.2) is 64.5 Å². The van der Waals surface area contributed by atoms with Gasteiger partial charge in [-0.15, -0.1) is 0 Å². The van der Waals surface area contributed by atoms with Crippen LogP contribution in [-0.2, 0) is 19.4 Å². The zero-order chi connectivity index (χ0) is 22.7. The Morgan fingerprint density at radius 3 is 2.38 bits per heavy atom. The van der Waals surface area contributed by atoms with E-state index in [1.54, 1.807) is 52.3 Å². The molecule has 168 valence electrons. The smallest absolute Gasteiger partial charge is 0.338 e. The van der Waals surface area contributed by atoms with Gasteiger partial charge in [0.05, 0.1) is 22.8 Å². The van der Waals surface area contributed by atoms with Crippen LogP contribution in [0.5, 0.6) is 0 Å². The molecule has 2 heterocycles. The molecule has 0 unspecified atom stereocenters. The molecule has 0 atom stereocenters. The standard InChI is InChI=1S/C24H26N2O5S/c1-2-3-16-31-24(28)18-10-12-19(13-11-18)26-17-22(23(27)25-14-6-7-15-25)32(29,30)21-9-5-4-8-20(21)26/h4-5,8-13,17H,2-3,6-7,14-16H2,1H3. The van der Waals surface area contributed by atoms with Crippen molar-refractivity contribution in [2.24, 2.45) is 0 Å². The number of unbranched alkanes of at least 4 members (excludes halogenated alkanes) is 1. The molecule has 8 heteroatoms. The van der Waals surface area contributed by atoms with Gasteiger partial charge in [-0.05, 0) is 55.7 Å². The van der Waals surface area contributed by atoms with E-state index in [1.807, 2.05) is 6.92 Å². The first-order valence-corrected chi connectivity index (χ1v) is 12.3. The lowest BCUT2D eigenvalue weighted by atomic mass is 10.1. The van der Waals surface area contributed by atoms with Gasteiger partial charge in [-0.2, -0.15) is 0 Å². The highest BCUT2D eigenvalue weighted by Gasteiger charge is 2.38. The molecule has 0 bridgehead atoms. The Labute approximate surface area is 188 Å². The number of amides is 1. The number of nitrogens with zero attached hydrogens (tertiary/aromatic N) is 2. The van der Waals surface area contributed by atoms with Gasteiger partial charge < -0.3 is 14.5 Å². The number of ether oxygens (including phenoxy) is 1. The molecule has 0 radical (unpaired) electrons. The summed E-state index contributed by atoms with van der Waals surface area (Å²) in [6.45, 7) is 3.51. The van der Waals surface area contributed by atoms with E-state index in [0.717, 1.165) is 25.7 Å². The molecule has 32 heavy (non-hydrogen) atoms. The van der Waals surface area contributed by atoms with Crippen molar-refractivity contribution in [2.75, 3.05) is 24.6 Å². The Morgan fingerprint density at radius 2 is 1.69 bits per heavy atom. The van der Waals surface area contributed by atoms with Crippen LogP contribution in [0.1, 0.15) is 43.0 Å². The van der Waals surface area contributed by atoms with Crippen LogP contribution in [0.2, 0.25) is 0 Å². The number of fused-ring (bicyclic) bond motifs is 1. The molecule has 2 aromatic rings. The summed E-state index contributed by atoms with van der Waals surface area (Å²) in [6.07, 6.45) is 4.88. The van der Waals surface area contributed by atoms with E-state index in [-0.39, 0.29) is 9.80 Å². The maximum atomic E-state index is 13.2. The third-order valence-corrected chi connectivity index (χ3v) is 7.45. The van der Waals surface area contributed by atoms with Crippen LogP contribution in [0, 0.1) is 0 Å². The average molecular weight is 455 g/mol. The lowest BCUT2D eigenvalue weighted by molar-refractivity contribution is -0.125. The maximum absolute atomic E-state index is 13.2. The van der Waals surface area contributed by atoms with Crippen LogP contribution < -0.4 is 4.90 Å². The summed E-state index contributed by atoms with van der Waals surface area (Å²) >= 11 is 0. The van der Waals surface area contributed by atoms with Gasteiger partial charge in [0.25, 0.3) is 5.91 Å². The maximum Gasteiger partial charge on any atom is 0.338 e. The molecule has 7 nitrogen and oxygen atoms in total. The molecule has 4 rings (SSSR count). The van der Waals surface area contributed by atoms with E-state index < -0.39 is 21.7 Å². The first-order valence-electron chi connectivity index (χ1n) is 10.8. The fraction of sp³-hybridized carbons (Fsp3) is 0.333. The lowest BCUT2D eigenvalue weighted by Crippen LogP contribution is -2.35. The van der Waals surface area contributed by atoms with Crippen LogP contribution >= 0.6 is 0 Å². The zero-order valence-corrected chi connectivity index (χ0v) is 18.8. The number of anilines is 2. The summed E-state index contributed by atoms with van der Waals surface area (Å²) in [5, 5.41) is 0. The minimum atomic E-state index is -3.94. The SMILES string of the molecule is CCCCOC(=O)c1ccc(N2C=C(C(=O)N3CCCC3)S(=O)(=O)c3ccccc32)cc1. The van der Waals surface area contributed by atoms with E-state index in [9.17, 15) is 18.0 Å². The Bertz CT molecular complexity index is 1150. The van der Waals surface area contributed by atoms with Gasteiger partial charge in [-0.3, -0.25) is 4.79 Å². The number of sulfone groups is 1. The highest BCUT2D eigenvalue weighted by Crippen LogP contribution is 2.40. The second-order valence-corrected chi connectivity index (χ2v) is 9.76. The summed E-state index contributed by atoms with van der Waals surface area (Å²) in [4.78, 5) is 28.4. The van der Waals surface area contributed by atoms with Crippen molar-refractivity contribution >= 4 is 33.1 Å². The minimum absolute atomic E-state index is 0.0908. The highest BCUT2D eigenvalue weighted by molar-refractivity contribution is 7.96. The zero-order valence-electron chi connectivity index (χ0n) is 18.0. The van der Waals surface area contributed by atoms with Crippen LogP contribution in [0.3, 0.4) is 0 Å². The van der Waals surface area contributed by atoms with Gasteiger partial charge in [-0.25, -0.2) is 13.2 Å². The molecule has 1 amide bonds. The van der Waals surface area contributed by atoms with Crippen molar-refractivity contribution < 1.29 is 22.7 Å². The lowest BCUT2D eigenvalue weighted by Gasteiger charge is -2.30. The summed E-state index contributed by atoms with van der Waals surface area (Å²) < 4.78 is 31.7. The Balaban J connectivity index is 1.69. The number of carbonyl (C=O) groups excluding carboxylic acids is 2. The van der Waals surface area contributed by atoms with Gasteiger partial charge in [0.15, 0.2) is 4.91 Å². The molecule has 2 aliphatic heterocycles. The third kappa shape index (κ3) is 4.14. The number of rotatable bonds is 6. The Kier molecular flexibility index (Phi) is 6.32. The minimum Gasteiger partial charge on any atom is -0.462 e. The fourth-order valence-corrected chi connectivity index (χ4v) is 5.41. The first kappa shape index (κ1) is 22.1. The number of hydrogen-bond donors (Lipinski definition) is 0. The first-order chi connectivity index (χ1) is 15.4. The molecule has 1 saturated heterocycles. The monoisotopic (exact) mass is 454 g/mol. The molecule has 0 aliphatic carbocycles. The normalized spacial score (nSPS) is 17.0. The largest absolute Gasteiger partial charge is 0.462 e. The second-order valence-electron chi connectivity index (χ2n) is 7.87. The molecular formula is C24H26N2O5S. The second kappa shape index (κ2) is 9.16. The van der Waals surface area contributed by atoms with Gasteiger partial charge >= 0.3 is 5.97 Å². The number of para-hydroxylation sites is 1. The van der Waals surface area contributed by atoms with Crippen molar-refractivity contribution in [3.63, 3.8) is 0 Å². The number of benzene rings is 2. The van der Waals surface area contributed by atoms with E-state index in [1.165, 1.54) is 12.3 Å². The number of likely N-dealkylation sites (tertiary alicyclic amines) is 1. The van der Waals surface area contributed by atoms with Crippen molar-refractivity contribution in [3.8, 4) is 0 Å². The van der Waals surface area contributed by atoms with E-state index in [0.29, 0.717) is 36.6 Å². The quantitative estimate of drug-likeness (QED) is 0.484. The van der Waals surface area contributed by atoms with Gasteiger partial charge in [0.2, 0.25) is 9.84 Å². The Hall–Kier alpha value is -3.13. The predicted octanol–water partition coefficient (Wildman–Crippen LogP) is 4.03. The predicted molar refractivity (Wildman–Crippen MR) is 121 cm³/mol. The molecular weight excluding hydrogens is 428 g/mol. The van der Waals surface area contributed by atoms with Crippen LogP contribution in [-0.4, -0.2) is 44.9 Å². The highest BCUT2D eigenvalue weighted by atomic mass is 32.2. The van der Waals surface area contributed by atoms with E-state index >= 15 is 0 Å². The number of carbonyl (C=O) groups is 2. The third-order valence-electron chi connectivity index (χ3n) is 5.67. The van der Waals surface area contributed by atoms with Crippen molar-refractivity contribution in [1.82, 2.24) is 4.90 Å². The molecule has 0 saturated carbocycles. The van der Waals surface area contributed by atoms with Crippen molar-refractivity contribution in [2.45, 2.75) is 37.5 Å². The average Bonchev–Trinajstić information content (AvgIpc) is 3.34. The molecule has 1 fully saturated rings. The molecule has 0 aromatic heterocycles. The Morgan fingerprint density at radius 1 is 1.00 bits per heavy atom. The summed E-state index contributed by atoms with van der Waals surface area (Å²) in [5.74, 6) is -0.870. The molecule has 0 spiro atoms. The summed E-state index contributed by atoms with van der Waals surface area (Å²) in [6, 6.07) is 13.3. The topological polar surface area (TPSA) is 84.0 Å². The van der Waals surface area contributed by atoms with E-state index in [2.05, 4.69) is 0 Å². The number of hydrogen-bond acceptors (Lipinski definition) is 6. The van der Waals surface area contributed by atoms with E-state index in [4.69, 9.17) is 4.74 Å². The molecule has 2 aliphatic rings. The van der Waals surface area contributed by atoms with Crippen molar-refractivity contribution in [1.29, 1.82) is 0 Å². The van der Waals surface area contributed by atoms with Gasteiger partial charge in [-0.1, -0.05) is 25.5 Å². The van der Waals surface area contributed by atoms with Crippen molar-refractivity contribution in [3.05, 3.63) is 65.2 Å². The van der Waals surface area contributed by atoms with Crippen LogP contribution in [0.4, 0.5) is 11.4 Å². The van der Waals surface area contributed by atoms with Gasteiger partial charge in [0, 0.05) is 25.0 Å². The molecule has 0 N–H and O–H groups in total.